The zero-order valence-electron chi connectivity index (χ0n) is 9.57. The van der Waals surface area contributed by atoms with Crippen LogP contribution in [0.4, 0.5) is 0 Å². The number of benzene rings is 1. The first-order valence-electron chi connectivity index (χ1n) is 5.43. The number of sulfonamides is 1. The summed E-state index contributed by atoms with van der Waals surface area (Å²) in [5.74, 6) is 0. The molecule has 1 aliphatic rings. The third-order valence-electron chi connectivity index (χ3n) is 2.83. The standard InChI is InChI=1S/C12H15NO3S/c1-10-4-6-12(7-5-10)17(15,16)13-8-2-3-11(13)9-14/h2,4-8,11,14H,3,9H2,1H3/t11-/m1/s1. The Morgan fingerprint density at radius 3 is 2.59 bits per heavy atom. The second-order valence-corrected chi connectivity index (χ2v) is 5.95. The fourth-order valence-corrected chi connectivity index (χ4v) is 3.33. The van der Waals surface area contributed by atoms with Gasteiger partial charge < -0.3 is 5.11 Å². The lowest BCUT2D eigenvalue weighted by atomic mass is 10.2. The molecule has 0 amide bonds. The Labute approximate surface area is 101 Å². The number of aryl methyl sites for hydroxylation is 1. The molecule has 0 radical (unpaired) electrons. The van der Waals surface area contributed by atoms with Crippen molar-refractivity contribution in [3.8, 4) is 0 Å². The minimum Gasteiger partial charge on any atom is -0.394 e. The maximum absolute atomic E-state index is 12.3. The van der Waals surface area contributed by atoms with Crippen LogP contribution in [0.3, 0.4) is 0 Å². The van der Waals surface area contributed by atoms with Crippen LogP contribution in [0, 0.1) is 6.92 Å². The second kappa shape index (κ2) is 4.50. The maximum Gasteiger partial charge on any atom is 0.264 e. The predicted molar refractivity (Wildman–Crippen MR) is 64.8 cm³/mol. The van der Waals surface area contributed by atoms with E-state index in [9.17, 15) is 8.42 Å². The molecule has 0 saturated heterocycles. The molecule has 0 bridgehead atoms. The highest BCUT2D eigenvalue weighted by atomic mass is 32.2. The van der Waals surface area contributed by atoms with Gasteiger partial charge in [0.05, 0.1) is 17.5 Å². The number of hydrogen-bond donors (Lipinski definition) is 1. The van der Waals surface area contributed by atoms with Crippen molar-refractivity contribution in [2.45, 2.75) is 24.3 Å². The molecule has 0 aromatic heterocycles. The Balaban J connectivity index is 2.36. The average molecular weight is 253 g/mol. The van der Waals surface area contributed by atoms with Crippen molar-refractivity contribution in [1.82, 2.24) is 4.31 Å². The summed E-state index contributed by atoms with van der Waals surface area (Å²) in [5.41, 5.74) is 1.01. The fourth-order valence-electron chi connectivity index (χ4n) is 1.81. The molecule has 5 heteroatoms. The zero-order chi connectivity index (χ0) is 12.5. The van der Waals surface area contributed by atoms with Crippen molar-refractivity contribution >= 4 is 10.0 Å². The number of nitrogens with zero attached hydrogens (tertiary/aromatic N) is 1. The highest BCUT2D eigenvalue weighted by Gasteiger charge is 2.30. The van der Waals surface area contributed by atoms with E-state index in [1.165, 1.54) is 10.5 Å². The van der Waals surface area contributed by atoms with E-state index in [2.05, 4.69) is 0 Å². The number of rotatable bonds is 3. The van der Waals surface area contributed by atoms with Gasteiger partial charge in [0.25, 0.3) is 10.0 Å². The SMILES string of the molecule is Cc1ccc(S(=O)(=O)N2C=CC[C@@H]2CO)cc1. The van der Waals surface area contributed by atoms with Crippen LogP contribution in [0.25, 0.3) is 0 Å². The van der Waals surface area contributed by atoms with Crippen molar-refractivity contribution in [1.29, 1.82) is 0 Å². The summed E-state index contributed by atoms with van der Waals surface area (Å²) in [6.45, 7) is 1.74. The molecular weight excluding hydrogens is 238 g/mol. The molecule has 1 aromatic rings. The molecule has 17 heavy (non-hydrogen) atoms. The van der Waals surface area contributed by atoms with Gasteiger partial charge in [-0.2, -0.15) is 0 Å². The maximum atomic E-state index is 12.3. The molecule has 0 saturated carbocycles. The van der Waals surface area contributed by atoms with Crippen LogP contribution in [0.2, 0.25) is 0 Å². The molecule has 1 atom stereocenters. The van der Waals surface area contributed by atoms with Crippen LogP contribution >= 0.6 is 0 Å². The Morgan fingerprint density at radius 1 is 1.35 bits per heavy atom. The topological polar surface area (TPSA) is 57.6 Å². The molecule has 0 fully saturated rings. The van der Waals surface area contributed by atoms with Crippen molar-refractivity contribution < 1.29 is 13.5 Å². The lowest BCUT2D eigenvalue weighted by Gasteiger charge is -2.23. The van der Waals surface area contributed by atoms with Gasteiger partial charge in [-0.15, -0.1) is 0 Å². The smallest absolute Gasteiger partial charge is 0.264 e. The van der Waals surface area contributed by atoms with Crippen LogP contribution in [-0.2, 0) is 10.0 Å². The first-order valence-corrected chi connectivity index (χ1v) is 6.87. The molecule has 1 heterocycles. The average Bonchev–Trinajstić information content (AvgIpc) is 2.78. The summed E-state index contributed by atoms with van der Waals surface area (Å²) in [6.07, 6.45) is 3.84. The molecule has 0 unspecified atom stereocenters. The van der Waals surface area contributed by atoms with Crippen LogP contribution in [0.5, 0.6) is 0 Å². The first kappa shape index (κ1) is 12.1. The van der Waals surface area contributed by atoms with Gasteiger partial charge in [0.2, 0.25) is 0 Å². The molecule has 2 rings (SSSR count). The summed E-state index contributed by atoms with van der Waals surface area (Å²) in [6, 6.07) is 6.33. The van der Waals surface area contributed by atoms with E-state index in [-0.39, 0.29) is 17.5 Å². The molecule has 1 aromatic carbocycles. The van der Waals surface area contributed by atoms with Gasteiger partial charge in [0.1, 0.15) is 0 Å². The number of aliphatic hydroxyl groups excluding tert-OH is 1. The highest BCUT2D eigenvalue weighted by molar-refractivity contribution is 7.89. The normalized spacial score (nSPS) is 19.9. The minimum absolute atomic E-state index is 0.169. The van der Waals surface area contributed by atoms with Crippen molar-refractivity contribution in [2.75, 3.05) is 6.61 Å². The lowest BCUT2D eigenvalue weighted by molar-refractivity contribution is 0.222. The molecule has 0 spiro atoms. The largest absolute Gasteiger partial charge is 0.394 e. The van der Waals surface area contributed by atoms with Crippen LogP contribution < -0.4 is 0 Å². The first-order chi connectivity index (χ1) is 8.05. The summed E-state index contributed by atoms with van der Waals surface area (Å²) < 4.78 is 25.8. The van der Waals surface area contributed by atoms with Gasteiger partial charge in [-0.05, 0) is 25.5 Å². The molecule has 1 N–H and O–H groups in total. The van der Waals surface area contributed by atoms with E-state index in [0.29, 0.717) is 6.42 Å². The van der Waals surface area contributed by atoms with Gasteiger partial charge in [0, 0.05) is 6.20 Å². The van der Waals surface area contributed by atoms with E-state index < -0.39 is 10.0 Å². The van der Waals surface area contributed by atoms with Crippen LogP contribution in [-0.4, -0.2) is 30.5 Å². The lowest BCUT2D eigenvalue weighted by Crippen LogP contribution is -2.35. The van der Waals surface area contributed by atoms with Crippen molar-refractivity contribution in [3.05, 3.63) is 42.1 Å². The van der Waals surface area contributed by atoms with E-state index in [1.807, 2.05) is 6.92 Å². The third kappa shape index (κ3) is 2.21. The van der Waals surface area contributed by atoms with Crippen LogP contribution in [0.1, 0.15) is 12.0 Å². The van der Waals surface area contributed by atoms with Gasteiger partial charge in [-0.1, -0.05) is 23.8 Å². The number of aliphatic hydroxyl groups is 1. The van der Waals surface area contributed by atoms with Crippen LogP contribution in [0.15, 0.2) is 41.4 Å². The summed E-state index contributed by atoms with van der Waals surface area (Å²) in [5, 5.41) is 9.14. The summed E-state index contributed by atoms with van der Waals surface area (Å²) >= 11 is 0. The Morgan fingerprint density at radius 2 is 2.00 bits per heavy atom. The molecule has 92 valence electrons. The molecule has 0 aliphatic carbocycles. The van der Waals surface area contributed by atoms with Gasteiger partial charge in [0.15, 0.2) is 0 Å². The van der Waals surface area contributed by atoms with Crippen molar-refractivity contribution in [2.24, 2.45) is 0 Å². The second-order valence-electron chi connectivity index (χ2n) is 4.10. The monoisotopic (exact) mass is 253 g/mol. The van der Waals surface area contributed by atoms with E-state index in [4.69, 9.17) is 5.11 Å². The van der Waals surface area contributed by atoms with Gasteiger partial charge in [-0.25, -0.2) is 8.42 Å². The summed E-state index contributed by atoms with van der Waals surface area (Å²) in [7, 11) is -3.53. The highest BCUT2D eigenvalue weighted by Crippen LogP contribution is 2.24. The van der Waals surface area contributed by atoms with Crippen molar-refractivity contribution in [3.63, 3.8) is 0 Å². The van der Waals surface area contributed by atoms with E-state index in [1.54, 1.807) is 30.3 Å². The molecule has 4 nitrogen and oxygen atoms in total. The zero-order valence-corrected chi connectivity index (χ0v) is 10.4. The molecular formula is C12H15NO3S. The minimum atomic E-state index is -3.53. The quantitative estimate of drug-likeness (QED) is 0.882. The Hall–Kier alpha value is -1.33. The number of hydrogen-bond acceptors (Lipinski definition) is 3. The van der Waals surface area contributed by atoms with Gasteiger partial charge in [-0.3, -0.25) is 4.31 Å². The van der Waals surface area contributed by atoms with E-state index in [0.717, 1.165) is 5.56 Å². The molecule has 1 aliphatic heterocycles. The van der Waals surface area contributed by atoms with Gasteiger partial charge >= 0.3 is 0 Å². The van der Waals surface area contributed by atoms with E-state index >= 15 is 0 Å². The Bertz CT molecular complexity index is 519. The Kier molecular flexibility index (Phi) is 3.22. The third-order valence-corrected chi connectivity index (χ3v) is 4.67. The predicted octanol–water partition coefficient (Wildman–Crippen LogP) is 1.26. The summed E-state index contributed by atoms with van der Waals surface area (Å²) in [4.78, 5) is 0.258. The fraction of sp³-hybridized carbons (Fsp3) is 0.333.